The van der Waals surface area contributed by atoms with Crippen LogP contribution in [0.1, 0.15) is 12.0 Å². The molecule has 19 heavy (non-hydrogen) atoms. The molecule has 0 amide bonds. The molecule has 1 aromatic rings. The van der Waals surface area contributed by atoms with Crippen molar-refractivity contribution in [3.05, 3.63) is 29.8 Å². The summed E-state index contributed by atoms with van der Waals surface area (Å²) in [4.78, 5) is 2.20. The van der Waals surface area contributed by atoms with Crippen molar-refractivity contribution in [2.24, 2.45) is 0 Å². The largest absolute Gasteiger partial charge is 0.392 e. The van der Waals surface area contributed by atoms with Crippen LogP contribution >= 0.6 is 0 Å². The summed E-state index contributed by atoms with van der Waals surface area (Å²) in [5.41, 5.74) is 0.432. The maximum Gasteiger partial charge on any atom is 0.243 e. The summed E-state index contributed by atoms with van der Waals surface area (Å²) in [6.45, 7) is 1.02. The van der Waals surface area contributed by atoms with E-state index in [-0.39, 0.29) is 11.5 Å². The second-order valence-electron chi connectivity index (χ2n) is 4.75. The first-order valence-electron chi connectivity index (χ1n) is 6.19. The van der Waals surface area contributed by atoms with E-state index >= 15 is 0 Å². The zero-order valence-electron chi connectivity index (χ0n) is 11.7. The van der Waals surface area contributed by atoms with E-state index in [0.717, 1.165) is 13.0 Å². The van der Waals surface area contributed by atoms with Crippen LogP contribution in [-0.4, -0.2) is 57.0 Å². The van der Waals surface area contributed by atoms with Crippen LogP contribution in [0.15, 0.2) is 29.2 Å². The summed E-state index contributed by atoms with van der Waals surface area (Å²) in [7, 11) is 1.95. The highest BCUT2D eigenvalue weighted by Crippen LogP contribution is 2.19. The lowest BCUT2D eigenvalue weighted by atomic mass is 10.2. The molecule has 0 unspecified atom stereocenters. The zero-order valence-corrected chi connectivity index (χ0v) is 12.5. The molecule has 5 nitrogen and oxygen atoms in total. The summed E-state index contributed by atoms with van der Waals surface area (Å²) in [6, 6.07) is 6.54. The molecule has 0 bridgehead atoms. The van der Waals surface area contributed by atoms with Crippen molar-refractivity contribution in [2.45, 2.75) is 17.9 Å². The molecule has 0 saturated carbocycles. The number of benzene rings is 1. The molecule has 108 valence electrons. The molecule has 1 rings (SSSR count). The van der Waals surface area contributed by atoms with Gasteiger partial charge >= 0.3 is 0 Å². The Morgan fingerprint density at radius 2 is 1.74 bits per heavy atom. The molecule has 0 radical (unpaired) electrons. The van der Waals surface area contributed by atoms with Crippen molar-refractivity contribution in [3.8, 4) is 0 Å². The summed E-state index contributed by atoms with van der Waals surface area (Å²) in [5, 5.41) is 9.22. The first-order chi connectivity index (χ1) is 8.89. The van der Waals surface area contributed by atoms with Gasteiger partial charge in [-0.05, 0) is 38.7 Å². The maximum absolute atomic E-state index is 12.4. The minimum absolute atomic E-state index is 0.185. The lowest BCUT2D eigenvalue weighted by Gasteiger charge is -2.19. The Kier molecular flexibility index (Phi) is 5.93. The molecule has 0 spiro atoms. The number of aliphatic hydroxyl groups excluding tert-OH is 1. The Labute approximate surface area is 115 Å². The molecular weight excluding hydrogens is 264 g/mol. The molecule has 0 saturated heterocycles. The van der Waals surface area contributed by atoms with E-state index in [4.69, 9.17) is 0 Å². The zero-order chi connectivity index (χ0) is 14.5. The number of nitrogens with zero attached hydrogens (tertiary/aromatic N) is 2. The maximum atomic E-state index is 12.4. The highest BCUT2D eigenvalue weighted by molar-refractivity contribution is 7.89. The molecule has 1 N–H and O–H groups in total. The quantitative estimate of drug-likeness (QED) is 0.803. The lowest BCUT2D eigenvalue weighted by molar-refractivity contribution is 0.278. The summed E-state index contributed by atoms with van der Waals surface area (Å²) < 4.78 is 26.1. The Bertz CT molecular complexity index is 500. The van der Waals surface area contributed by atoms with E-state index in [2.05, 4.69) is 0 Å². The fraction of sp³-hybridized carbons (Fsp3) is 0.538. The Morgan fingerprint density at radius 3 is 2.32 bits per heavy atom. The molecule has 0 fully saturated rings. The minimum Gasteiger partial charge on any atom is -0.392 e. The van der Waals surface area contributed by atoms with Gasteiger partial charge in [-0.25, -0.2) is 12.7 Å². The second kappa shape index (κ2) is 7.00. The normalized spacial score (nSPS) is 12.3. The minimum atomic E-state index is -3.52. The molecule has 0 aliphatic heterocycles. The Hall–Kier alpha value is -0.950. The molecule has 1 aromatic carbocycles. The van der Waals surface area contributed by atoms with Gasteiger partial charge in [0.05, 0.1) is 11.5 Å². The van der Waals surface area contributed by atoms with Crippen LogP contribution in [0.4, 0.5) is 0 Å². The third-order valence-electron chi connectivity index (χ3n) is 2.91. The molecule has 0 aromatic heterocycles. The summed E-state index contributed by atoms with van der Waals surface area (Å²) >= 11 is 0. The van der Waals surface area contributed by atoms with Gasteiger partial charge in [-0.2, -0.15) is 0 Å². The average Bonchev–Trinajstić information content (AvgIpc) is 2.38. The Balaban J connectivity index is 2.85. The third kappa shape index (κ3) is 4.28. The topological polar surface area (TPSA) is 60.9 Å². The van der Waals surface area contributed by atoms with Gasteiger partial charge in [-0.15, -0.1) is 0 Å². The van der Waals surface area contributed by atoms with Gasteiger partial charge < -0.3 is 10.0 Å². The van der Waals surface area contributed by atoms with Gasteiger partial charge in [0.25, 0.3) is 0 Å². The number of aliphatic hydroxyl groups is 1. The van der Waals surface area contributed by atoms with Crippen molar-refractivity contribution >= 4 is 10.0 Å². The monoisotopic (exact) mass is 286 g/mol. The van der Waals surface area contributed by atoms with Gasteiger partial charge in [-0.1, -0.05) is 18.2 Å². The van der Waals surface area contributed by atoms with Crippen molar-refractivity contribution < 1.29 is 13.5 Å². The van der Waals surface area contributed by atoms with Crippen molar-refractivity contribution in [1.82, 2.24) is 9.21 Å². The van der Waals surface area contributed by atoms with Gasteiger partial charge in [0.2, 0.25) is 10.0 Å². The highest BCUT2D eigenvalue weighted by atomic mass is 32.2. The number of sulfonamides is 1. The van der Waals surface area contributed by atoms with Crippen LogP contribution in [0.5, 0.6) is 0 Å². The van der Waals surface area contributed by atoms with Crippen LogP contribution in [0.25, 0.3) is 0 Å². The van der Waals surface area contributed by atoms with Crippen LogP contribution in [0.3, 0.4) is 0 Å². The van der Waals surface area contributed by atoms with E-state index in [1.54, 1.807) is 25.2 Å². The lowest BCUT2D eigenvalue weighted by Crippen LogP contribution is -2.30. The molecule has 6 heteroatoms. The van der Waals surface area contributed by atoms with Crippen molar-refractivity contribution in [3.63, 3.8) is 0 Å². The fourth-order valence-electron chi connectivity index (χ4n) is 1.78. The van der Waals surface area contributed by atoms with Crippen molar-refractivity contribution in [2.75, 3.05) is 34.2 Å². The van der Waals surface area contributed by atoms with Crippen LogP contribution in [0.2, 0.25) is 0 Å². The van der Waals surface area contributed by atoms with Gasteiger partial charge in [0.1, 0.15) is 0 Å². The summed E-state index contributed by atoms with van der Waals surface area (Å²) in [5.74, 6) is 0. The number of hydrogen-bond acceptors (Lipinski definition) is 4. The van der Waals surface area contributed by atoms with Crippen LogP contribution in [0, 0.1) is 0 Å². The average molecular weight is 286 g/mol. The predicted molar refractivity (Wildman–Crippen MR) is 75.4 cm³/mol. The molecule has 0 aliphatic rings. The van der Waals surface area contributed by atoms with E-state index in [9.17, 15) is 13.5 Å². The molecular formula is C13H22N2O3S. The van der Waals surface area contributed by atoms with Crippen molar-refractivity contribution in [1.29, 1.82) is 0 Å². The van der Waals surface area contributed by atoms with E-state index in [1.807, 2.05) is 19.0 Å². The first-order valence-corrected chi connectivity index (χ1v) is 7.63. The van der Waals surface area contributed by atoms with Crippen LogP contribution < -0.4 is 0 Å². The Morgan fingerprint density at radius 1 is 1.11 bits per heavy atom. The number of hydrogen-bond donors (Lipinski definition) is 1. The van der Waals surface area contributed by atoms with E-state index in [0.29, 0.717) is 12.1 Å². The summed E-state index contributed by atoms with van der Waals surface area (Å²) in [6.07, 6.45) is 0.768. The molecule has 0 atom stereocenters. The van der Waals surface area contributed by atoms with Gasteiger partial charge in [0, 0.05) is 13.6 Å². The predicted octanol–water partition coefficient (Wildman–Crippen LogP) is 0.751. The number of rotatable bonds is 7. The smallest absolute Gasteiger partial charge is 0.243 e. The third-order valence-corrected chi connectivity index (χ3v) is 4.87. The van der Waals surface area contributed by atoms with Gasteiger partial charge in [0.15, 0.2) is 0 Å². The SMILES string of the molecule is CN(C)CCCN(C)S(=O)(=O)c1ccccc1CO. The molecule has 0 aliphatic carbocycles. The second-order valence-corrected chi connectivity index (χ2v) is 6.76. The van der Waals surface area contributed by atoms with Gasteiger partial charge in [-0.3, -0.25) is 0 Å². The van der Waals surface area contributed by atoms with E-state index in [1.165, 1.54) is 10.4 Å². The highest BCUT2D eigenvalue weighted by Gasteiger charge is 2.22. The molecule has 0 heterocycles. The van der Waals surface area contributed by atoms with Crippen LogP contribution in [-0.2, 0) is 16.6 Å². The van der Waals surface area contributed by atoms with E-state index < -0.39 is 10.0 Å². The fourth-order valence-corrected chi connectivity index (χ4v) is 3.20. The standard InChI is InChI=1S/C13H22N2O3S/c1-14(2)9-6-10-15(3)19(17,18)13-8-5-4-7-12(13)11-16/h4-5,7-8,16H,6,9-11H2,1-3H3. The first kappa shape index (κ1) is 16.1.